The van der Waals surface area contributed by atoms with Crippen molar-refractivity contribution in [2.75, 3.05) is 32.6 Å². The van der Waals surface area contributed by atoms with Gasteiger partial charge in [0.2, 0.25) is 0 Å². The highest BCUT2D eigenvalue weighted by Gasteiger charge is 2.34. The summed E-state index contributed by atoms with van der Waals surface area (Å²) in [5.41, 5.74) is 5.61. The van der Waals surface area contributed by atoms with Crippen LogP contribution >= 0.6 is 34.8 Å². The number of aliphatic hydroxyl groups excluding tert-OH is 1. The lowest BCUT2D eigenvalue weighted by Crippen LogP contribution is -2.41. The number of amides is 1. The van der Waals surface area contributed by atoms with Gasteiger partial charge >= 0.3 is 0 Å². The van der Waals surface area contributed by atoms with E-state index in [1.807, 2.05) is 36.4 Å². The van der Waals surface area contributed by atoms with Crippen LogP contribution in [-0.2, 0) is 33.8 Å². The third-order valence-corrected chi connectivity index (χ3v) is 8.09. The smallest absolute Gasteiger partial charge is 0.276 e. The monoisotopic (exact) mass is 634 g/mol. The number of rotatable bonds is 8. The molecule has 5 rings (SSSR count). The lowest BCUT2D eigenvalue weighted by atomic mass is 9.97. The Hall–Kier alpha value is -2.56. The standard InChI is InChI=1S/C31H33Cl3N2O6/c1-39-27-13-22-11-12-36(16-23(22)14-28(27)40-2)17-25-15-26(20-5-3-19(18-37)4-6-20)42-29(41-25)21-7-9-24(10-8-21)35-30(38)31(32,33)34/h3-10,13-14,25-26,29,37H,11-12,15-18H2,1-2H3,(H,35,38)/t25-,26+,29+/m0/s1. The predicted molar refractivity (Wildman–Crippen MR) is 162 cm³/mol. The van der Waals surface area contributed by atoms with E-state index in [4.69, 9.17) is 53.8 Å². The first-order valence-corrected chi connectivity index (χ1v) is 14.7. The number of fused-ring (bicyclic) bond motifs is 1. The van der Waals surface area contributed by atoms with Gasteiger partial charge < -0.3 is 29.4 Å². The number of carbonyl (C=O) groups excluding carboxylic acids is 1. The summed E-state index contributed by atoms with van der Waals surface area (Å²) in [6.07, 6.45) is 0.603. The van der Waals surface area contributed by atoms with Gasteiger partial charge in [0, 0.05) is 37.3 Å². The molecule has 2 N–H and O–H groups in total. The summed E-state index contributed by atoms with van der Waals surface area (Å²) in [5, 5.41) is 12.1. The van der Waals surface area contributed by atoms with Crippen molar-refractivity contribution in [1.29, 1.82) is 0 Å². The maximum atomic E-state index is 12.1. The summed E-state index contributed by atoms with van der Waals surface area (Å²) in [6.45, 7) is 2.36. The summed E-state index contributed by atoms with van der Waals surface area (Å²) < 4.78 is 21.9. The van der Waals surface area contributed by atoms with Crippen molar-refractivity contribution in [2.24, 2.45) is 0 Å². The average Bonchev–Trinajstić information content (AvgIpc) is 3.00. The second kappa shape index (κ2) is 13.4. The molecule has 3 atom stereocenters. The lowest BCUT2D eigenvalue weighted by Gasteiger charge is -2.39. The Balaban J connectivity index is 1.34. The quantitative estimate of drug-likeness (QED) is 0.289. The zero-order valence-electron chi connectivity index (χ0n) is 23.3. The number of alkyl halides is 3. The Morgan fingerprint density at radius 3 is 2.24 bits per heavy atom. The van der Waals surface area contributed by atoms with E-state index in [0.29, 0.717) is 12.1 Å². The molecule has 1 fully saturated rings. The number of aliphatic hydroxyl groups is 1. The van der Waals surface area contributed by atoms with E-state index in [1.54, 1.807) is 26.4 Å². The number of hydrogen-bond acceptors (Lipinski definition) is 7. The van der Waals surface area contributed by atoms with Gasteiger partial charge in [-0.1, -0.05) is 71.2 Å². The molecule has 1 amide bonds. The topological polar surface area (TPSA) is 89.5 Å². The summed E-state index contributed by atoms with van der Waals surface area (Å²) in [7, 11) is 3.30. The van der Waals surface area contributed by atoms with Crippen LogP contribution in [0.2, 0.25) is 0 Å². The van der Waals surface area contributed by atoms with Crippen molar-refractivity contribution in [3.05, 3.63) is 88.5 Å². The number of hydrogen-bond donors (Lipinski definition) is 2. The first-order valence-electron chi connectivity index (χ1n) is 13.6. The molecular weight excluding hydrogens is 603 g/mol. The molecule has 0 bridgehead atoms. The third-order valence-electron chi connectivity index (χ3n) is 7.57. The predicted octanol–water partition coefficient (Wildman–Crippen LogP) is 6.11. The highest BCUT2D eigenvalue weighted by molar-refractivity contribution is 6.76. The number of halogens is 3. The number of benzene rings is 3. The fourth-order valence-electron chi connectivity index (χ4n) is 5.34. The van der Waals surface area contributed by atoms with Gasteiger partial charge in [0.05, 0.1) is 33.0 Å². The molecule has 42 heavy (non-hydrogen) atoms. The summed E-state index contributed by atoms with van der Waals surface area (Å²) in [6, 6.07) is 19.0. The third kappa shape index (κ3) is 7.32. The van der Waals surface area contributed by atoms with Gasteiger partial charge in [0.1, 0.15) is 0 Å². The molecule has 0 unspecified atom stereocenters. The zero-order valence-corrected chi connectivity index (χ0v) is 25.6. The number of nitrogens with one attached hydrogen (secondary N) is 1. The van der Waals surface area contributed by atoms with Crippen LogP contribution in [0.15, 0.2) is 60.7 Å². The largest absolute Gasteiger partial charge is 0.493 e. The van der Waals surface area contributed by atoms with Crippen LogP contribution < -0.4 is 14.8 Å². The molecule has 1 saturated heterocycles. The maximum Gasteiger partial charge on any atom is 0.276 e. The molecule has 2 aliphatic rings. The fraction of sp³-hybridized carbons (Fsp3) is 0.387. The molecule has 2 aliphatic heterocycles. The summed E-state index contributed by atoms with van der Waals surface area (Å²) in [4.78, 5) is 14.4. The maximum absolute atomic E-state index is 12.1. The van der Waals surface area contributed by atoms with Gasteiger partial charge in [0.25, 0.3) is 9.70 Å². The van der Waals surface area contributed by atoms with E-state index in [0.717, 1.165) is 54.2 Å². The first kappa shape index (κ1) is 30.9. The van der Waals surface area contributed by atoms with Gasteiger partial charge in [-0.05, 0) is 52.9 Å². The zero-order chi connectivity index (χ0) is 29.9. The Bertz CT molecular complexity index is 1380. The van der Waals surface area contributed by atoms with Crippen LogP contribution in [0.25, 0.3) is 0 Å². The lowest BCUT2D eigenvalue weighted by molar-refractivity contribution is -0.253. The molecule has 0 aliphatic carbocycles. The molecule has 2 heterocycles. The molecule has 0 spiro atoms. The van der Waals surface area contributed by atoms with Gasteiger partial charge in [-0.2, -0.15) is 0 Å². The van der Waals surface area contributed by atoms with Crippen molar-refractivity contribution in [3.8, 4) is 11.5 Å². The van der Waals surface area contributed by atoms with Crippen LogP contribution in [0.4, 0.5) is 5.69 Å². The summed E-state index contributed by atoms with van der Waals surface area (Å²) >= 11 is 17.0. The van der Waals surface area contributed by atoms with Crippen LogP contribution in [0.5, 0.6) is 11.5 Å². The number of methoxy groups -OCH3 is 2. The average molecular weight is 636 g/mol. The summed E-state index contributed by atoms with van der Waals surface area (Å²) in [5.74, 6) is 0.727. The van der Waals surface area contributed by atoms with E-state index in [2.05, 4.69) is 22.3 Å². The van der Waals surface area contributed by atoms with Crippen LogP contribution in [-0.4, -0.2) is 53.1 Å². The molecule has 8 nitrogen and oxygen atoms in total. The minimum absolute atomic E-state index is 0.0194. The normalized spacial score (nSPS) is 21.0. The van der Waals surface area contributed by atoms with E-state index in [1.165, 1.54) is 11.1 Å². The van der Waals surface area contributed by atoms with Crippen molar-refractivity contribution in [1.82, 2.24) is 4.90 Å². The molecule has 0 aromatic heterocycles. The van der Waals surface area contributed by atoms with Gasteiger partial charge in [-0.15, -0.1) is 0 Å². The highest BCUT2D eigenvalue weighted by atomic mass is 35.6. The molecule has 0 saturated carbocycles. The van der Waals surface area contributed by atoms with Crippen LogP contribution in [0, 0.1) is 0 Å². The molecule has 3 aromatic rings. The number of carbonyl (C=O) groups is 1. The Morgan fingerprint density at radius 1 is 0.976 bits per heavy atom. The number of ether oxygens (including phenoxy) is 4. The van der Waals surface area contributed by atoms with Gasteiger partial charge in [0.15, 0.2) is 17.8 Å². The Morgan fingerprint density at radius 2 is 1.62 bits per heavy atom. The van der Waals surface area contributed by atoms with Crippen molar-refractivity contribution >= 4 is 46.4 Å². The van der Waals surface area contributed by atoms with E-state index in [9.17, 15) is 9.90 Å². The minimum Gasteiger partial charge on any atom is -0.493 e. The Labute approximate surface area is 260 Å². The van der Waals surface area contributed by atoms with Gasteiger partial charge in [-0.25, -0.2) is 0 Å². The van der Waals surface area contributed by atoms with Crippen LogP contribution in [0.3, 0.4) is 0 Å². The highest BCUT2D eigenvalue weighted by Crippen LogP contribution is 2.39. The van der Waals surface area contributed by atoms with E-state index in [-0.39, 0.29) is 18.8 Å². The van der Waals surface area contributed by atoms with Crippen molar-refractivity contribution < 1.29 is 28.8 Å². The number of anilines is 1. The number of nitrogens with zero attached hydrogens (tertiary/aromatic N) is 1. The van der Waals surface area contributed by atoms with E-state index >= 15 is 0 Å². The second-order valence-corrected chi connectivity index (χ2v) is 12.7. The van der Waals surface area contributed by atoms with Crippen molar-refractivity contribution in [2.45, 2.75) is 48.3 Å². The minimum atomic E-state index is -2.06. The molecule has 0 radical (unpaired) electrons. The van der Waals surface area contributed by atoms with Crippen LogP contribution in [0.1, 0.15) is 46.6 Å². The molecule has 11 heteroatoms. The molecular formula is C31H33Cl3N2O6. The molecule has 224 valence electrons. The van der Waals surface area contributed by atoms with E-state index < -0.39 is 16.0 Å². The van der Waals surface area contributed by atoms with Gasteiger partial charge in [-0.3, -0.25) is 9.69 Å². The SMILES string of the molecule is COc1cc2c(cc1OC)CN(C[C@@H]1C[C@H](c3ccc(CO)cc3)O[C@H](c3ccc(NC(=O)C(Cl)(Cl)Cl)cc3)O1)CC2. The second-order valence-electron chi connectivity index (χ2n) is 10.4. The first-order chi connectivity index (χ1) is 20.2. The fourth-order valence-corrected chi connectivity index (χ4v) is 5.49. The Kier molecular flexibility index (Phi) is 9.84. The van der Waals surface area contributed by atoms with Crippen molar-refractivity contribution in [3.63, 3.8) is 0 Å². The molecule has 3 aromatic carbocycles.